The molecule has 1 aromatic carbocycles. The highest BCUT2D eigenvalue weighted by atomic mass is 35.5. The molecule has 19 heavy (non-hydrogen) atoms. The van der Waals surface area contributed by atoms with Gasteiger partial charge < -0.3 is 9.73 Å². The van der Waals surface area contributed by atoms with Gasteiger partial charge in [0, 0.05) is 16.5 Å². The summed E-state index contributed by atoms with van der Waals surface area (Å²) in [7, 11) is 0. The van der Waals surface area contributed by atoms with Gasteiger partial charge in [0.2, 0.25) is 0 Å². The fourth-order valence-electron chi connectivity index (χ4n) is 1.97. The number of hydrogen-bond donors (Lipinski definition) is 1. The van der Waals surface area contributed by atoms with E-state index < -0.39 is 0 Å². The standard InChI is InChI=1S/C16H20ClNO/c1-11(2)18-8-4-5-12(3)16-10-13-9-14(17)6-7-15(13)19-16/h5-7,9-11,18H,4,8H2,1-3H3/b12-5-. The van der Waals surface area contributed by atoms with Crippen molar-refractivity contribution >= 4 is 28.1 Å². The van der Waals surface area contributed by atoms with E-state index in [1.165, 1.54) is 0 Å². The van der Waals surface area contributed by atoms with E-state index in [0.717, 1.165) is 40.3 Å². The molecule has 1 N–H and O–H groups in total. The molecule has 0 aliphatic heterocycles. The number of allylic oxidation sites excluding steroid dienone is 1. The summed E-state index contributed by atoms with van der Waals surface area (Å²) in [6.07, 6.45) is 3.20. The zero-order valence-electron chi connectivity index (χ0n) is 11.7. The molecule has 102 valence electrons. The molecule has 0 saturated heterocycles. The number of benzene rings is 1. The molecule has 0 saturated carbocycles. The van der Waals surface area contributed by atoms with Crippen molar-refractivity contribution in [2.75, 3.05) is 6.54 Å². The van der Waals surface area contributed by atoms with Gasteiger partial charge in [-0.05, 0) is 49.7 Å². The lowest BCUT2D eigenvalue weighted by atomic mass is 10.1. The third-order valence-corrected chi connectivity index (χ3v) is 3.25. The zero-order chi connectivity index (χ0) is 13.8. The van der Waals surface area contributed by atoms with Crippen molar-refractivity contribution in [1.29, 1.82) is 0 Å². The fraction of sp³-hybridized carbons (Fsp3) is 0.375. The maximum Gasteiger partial charge on any atom is 0.134 e. The van der Waals surface area contributed by atoms with Crippen molar-refractivity contribution in [3.05, 3.63) is 41.1 Å². The minimum Gasteiger partial charge on any atom is -0.456 e. The van der Waals surface area contributed by atoms with Gasteiger partial charge in [0.25, 0.3) is 0 Å². The van der Waals surface area contributed by atoms with Gasteiger partial charge >= 0.3 is 0 Å². The van der Waals surface area contributed by atoms with Crippen LogP contribution in [0.15, 0.2) is 34.8 Å². The summed E-state index contributed by atoms with van der Waals surface area (Å²) in [6, 6.07) is 8.26. The highest BCUT2D eigenvalue weighted by molar-refractivity contribution is 6.31. The van der Waals surface area contributed by atoms with Gasteiger partial charge in [-0.1, -0.05) is 31.5 Å². The Bertz CT molecular complexity index is 583. The van der Waals surface area contributed by atoms with Crippen LogP contribution < -0.4 is 5.32 Å². The number of fused-ring (bicyclic) bond motifs is 1. The van der Waals surface area contributed by atoms with Crippen molar-refractivity contribution in [2.45, 2.75) is 33.2 Å². The smallest absolute Gasteiger partial charge is 0.134 e. The first-order chi connectivity index (χ1) is 9.06. The van der Waals surface area contributed by atoms with Crippen molar-refractivity contribution in [1.82, 2.24) is 5.32 Å². The van der Waals surface area contributed by atoms with Crippen molar-refractivity contribution in [3.63, 3.8) is 0 Å². The van der Waals surface area contributed by atoms with Gasteiger partial charge in [0.1, 0.15) is 11.3 Å². The molecule has 1 aromatic heterocycles. The van der Waals surface area contributed by atoms with Gasteiger partial charge in [0.05, 0.1) is 0 Å². The Morgan fingerprint density at radius 1 is 1.37 bits per heavy atom. The summed E-state index contributed by atoms with van der Waals surface area (Å²) in [5, 5.41) is 5.18. The van der Waals surface area contributed by atoms with Gasteiger partial charge in [-0.2, -0.15) is 0 Å². The largest absolute Gasteiger partial charge is 0.456 e. The summed E-state index contributed by atoms with van der Waals surface area (Å²) in [5.74, 6) is 0.918. The topological polar surface area (TPSA) is 25.2 Å². The van der Waals surface area contributed by atoms with Crippen LogP contribution in [0.1, 0.15) is 33.0 Å². The lowest BCUT2D eigenvalue weighted by Crippen LogP contribution is -2.23. The van der Waals surface area contributed by atoms with Gasteiger partial charge in [-0.3, -0.25) is 0 Å². The predicted octanol–water partition coefficient (Wildman–Crippen LogP) is 4.88. The Hall–Kier alpha value is -1.25. The van der Waals surface area contributed by atoms with Gasteiger partial charge in [0.15, 0.2) is 0 Å². The molecule has 0 bridgehead atoms. The van der Waals surface area contributed by atoms with Crippen LogP contribution in [-0.2, 0) is 0 Å². The van der Waals surface area contributed by atoms with E-state index in [2.05, 4.69) is 32.2 Å². The van der Waals surface area contributed by atoms with E-state index in [1.54, 1.807) is 0 Å². The second-order valence-electron chi connectivity index (χ2n) is 5.08. The molecule has 0 spiro atoms. The highest BCUT2D eigenvalue weighted by Crippen LogP contribution is 2.26. The molecular formula is C16H20ClNO. The Kier molecular flexibility index (Phi) is 4.67. The third kappa shape index (κ3) is 3.85. The second-order valence-corrected chi connectivity index (χ2v) is 5.51. The summed E-state index contributed by atoms with van der Waals surface area (Å²) in [6.45, 7) is 7.37. The summed E-state index contributed by atoms with van der Waals surface area (Å²) in [5.41, 5.74) is 2.05. The first-order valence-corrected chi connectivity index (χ1v) is 7.03. The predicted molar refractivity (Wildman–Crippen MR) is 82.6 cm³/mol. The summed E-state index contributed by atoms with van der Waals surface area (Å²) < 4.78 is 5.82. The van der Waals surface area contributed by atoms with Crippen LogP contribution in [0.5, 0.6) is 0 Å². The van der Waals surface area contributed by atoms with Crippen molar-refractivity contribution in [3.8, 4) is 0 Å². The molecule has 0 amide bonds. The van der Waals surface area contributed by atoms with Crippen LogP contribution in [0.25, 0.3) is 16.5 Å². The molecule has 0 unspecified atom stereocenters. The van der Waals surface area contributed by atoms with Crippen LogP contribution in [0.4, 0.5) is 0 Å². The van der Waals surface area contributed by atoms with E-state index in [1.807, 2.05) is 24.3 Å². The van der Waals surface area contributed by atoms with Crippen LogP contribution in [0.2, 0.25) is 5.02 Å². The van der Waals surface area contributed by atoms with E-state index in [0.29, 0.717) is 6.04 Å². The maximum absolute atomic E-state index is 5.97. The lowest BCUT2D eigenvalue weighted by Gasteiger charge is -2.05. The van der Waals surface area contributed by atoms with Gasteiger partial charge in [-0.15, -0.1) is 0 Å². The zero-order valence-corrected chi connectivity index (χ0v) is 12.4. The molecule has 1 heterocycles. The van der Waals surface area contributed by atoms with E-state index >= 15 is 0 Å². The summed E-state index contributed by atoms with van der Waals surface area (Å²) in [4.78, 5) is 0. The SMILES string of the molecule is C/C(=C/CCNC(C)C)c1cc2cc(Cl)ccc2o1. The summed E-state index contributed by atoms with van der Waals surface area (Å²) >= 11 is 5.97. The minimum absolute atomic E-state index is 0.530. The number of furan rings is 1. The van der Waals surface area contributed by atoms with Crippen LogP contribution in [-0.4, -0.2) is 12.6 Å². The highest BCUT2D eigenvalue weighted by Gasteiger charge is 2.05. The first kappa shape index (κ1) is 14.2. The Morgan fingerprint density at radius 2 is 2.16 bits per heavy atom. The molecular weight excluding hydrogens is 258 g/mol. The molecule has 0 aliphatic rings. The molecule has 3 heteroatoms. The van der Waals surface area contributed by atoms with Crippen molar-refractivity contribution in [2.24, 2.45) is 0 Å². The molecule has 0 aliphatic carbocycles. The third-order valence-electron chi connectivity index (χ3n) is 3.01. The Balaban J connectivity index is 2.08. The fourth-order valence-corrected chi connectivity index (χ4v) is 2.15. The van der Waals surface area contributed by atoms with E-state index in [9.17, 15) is 0 Å². The van der Waals surface area contributed by atoms with E-state index in [4.69, 9.17) is 16.0 Å². The van der Waals surface area contributed by atoms with Crippen LogP contribution in [0, 0.1) is 0 Å². The molecule has 2 aromatic rings. The number of halogens is 1. The Labute approximate surface area is 119 Å². The molecule has 2 nitrogen and oxygen atoms in total. The second kappa shape index (κ2) is 6.27. The minimum atomic E-state index is 0.530. The average Bonchev–Trinajstić information content (AvgIpc) is 2.77. The van der Waals surface area contributed by atoms with Crippen LogP contribution in [0.3, 0.4) is 0 Å². The van der Waals surface area contributed by atoms with Crippen LogP contribution >= 0.6 is 11.6 Å². The molecule has 0 fully saturated rings. The molecule has 2 rings (SSSR count). The monoisotopic (exact) mass is 277 g/mol. The number of nitrogens with one attached hydrogen (secondary N) is 1. The maximum atomic E-state index is 5.97. The Morgan fingerprint density at radius 3 is 2.89 bits per heavy atom. The number of hydrogen-bond acceptors (Lipinski definition) is 2. The van der Waals surface area contributed by atoms with Gasteiger partial charge in [-0.25, -0.2) is 0 Å². The normalized spacial score (nSPS) is 12.6. The first-order valence-electron chi connectivity index (χ1n) is 6.66. The number of rotatable bonds is 5. The molecule has 0 atom stereocenters. The quantitative estimate of drug-likeness (QED) is 0.788. The molecule has 0 radical (unpaired) electrons. The van der Waals surface area contributed by atoms with E-state index in [-0.39, 0.29) is 0 Å². The van der Waals surface area contributed by atoms with Crippen molar-refractivity contribution < 1.29 is 4.42 Å². The average molecular weight is 278 g/mol. The lowest BCUT2D eigenvalue weighted by molar-refractivity contribution is 0.591.